The Labute approximate surface area is 118 Å². The second kappa shape index (κ2) is 5.65. The Morgan fingerprint density at radius 1 is 1.18 bits per heavy atom. The van der Waals surface area contributed by atoms with Crippen LogP contribution in [0.5, 0.6) is 0 Å². The standard InChI is InChI=1S/C13H12Br2N2/c1-9-2-3-10(6-12(9)14)7-16-11-4-5-13(15)17-8-11/h2-6,8,16H,7H2,1H3. The van der Waals surface area contributed by atoms with Gasteiger partial charge in [0.1, 0.15) is 4.60 Å². The molecule has 1 heterocycles. The first-order chi connectivity index (χ1) is 8.15. The number of aryl methyl sites for hydroxylation is 1. The third kappa shape index (κ3) is 3.54. The highest BCUT2D eigenvalue weighted by atomic mass is 79.9. The van der Waals surface area contributed by atoms with Gasteiger partial charge in [-0.2, -0.15) is 0 Å². The molecule has 0 spiro atoms. The van der Waals surface area contributed by atoms with Gasteiger partial charge in [0.2, 0.25) is 0 Å². The van der Waals surface area contributed by atoms with E-state index in [1.54, 1.807) is 0 Å². The van der Waals surface area contributed by atoms with Crippen molar-refractivity contribution in [1.82, 2.24) is 4.98 Å². The number of hydrogen-bond donors (Lipinski definition) is 1. The number of benzene rings is 1. The van der Waals surface area contributed by atoms with Crippen molar-refractivity contribution < 1.29 is 0 Å². The van der Waals surface area contributed by atoms with E-state index in [1.807, 2.05) is 18.3 Å². The fourth-order valence-electron chi connectivity index (χ4n) is 1.43. The molecule has 1 aromatic carbocycles. The lowest BCUT2D eigenvalue weighted by Crippen LogP contribution is -1.99. The molecule has 1 aromatic heterocycles. The van der Waals surface area contributed by atoms with Crippen LogP contribution >= 0.6 is 31.9 Å². The number of anilines is 1. The number of rotatable bonds is 3. The fraction of sp³-hybridized carbons (Fsp3) is 0.154. The maximum Gasteiger partial charge on any atom is 0.106 e. The van der Waals surface area contributed by atoms with Gasteiger partial charge >= 0.3 is 0 Å². The van der Waals surface area contributed by atoms with E-state index in [1.165, 1.54) is 11.1 Å². The lowest BCUT2D eigenvalue weighted by Gasteiger charge is -2.07. The van der Waals surface area contributed by atoms with Gasteiger partial charge in [-0.25, -0.2) is 4.98 Å². The third-order valence-corrected chi connectivity index (χ3v) is 3.78. The van der Waals surface area contributed by atoms with Gasteiger partial charge in [0.25, 0.3) is 0 Å². The van der Waals surface area contributed by atoms with Crippen molar-refractivity contribution >= 4 is 37.5 Å². The summed E-state index contributed by atoms with van der Waals surface area (Å²) >= 11 is 6.85. The number of pyridine rings is 1. The van der Waals surface area contributed by atoms with Crippen LogP contribution in [0.3, 0.4) is 0 Å². The summed E-state index contributed by atoms with van der Waals surface area (Å²) in [5.74, 6) is 0. The summed E-state index contributed by atoms with van der Waals surface area (Å²) < 4.78 is 1.99. The predicted molar refractivity (Wildman–Crippen MR) is 78.1 cm³/mol. The lowest BCUT2D eigenvalue weighted by molar-refractivity contribution is 1.12. The van der Waals surface area contributed by atoms with Crippen LogP contribution in [0.1, 0.15) is 11.1 Å². The average Bonchev–Trinajstić information content (AvgIpc) is 2.33. The second-order valence-electron chi connectivity index (χ2n) is 3.81. The van der Waals surface area contributed by atoms with Crippen LogP contribution in [0.2, 0.25) is 0 Å². The Morgan fingerprint density at radius 2 is 2.00 bits per heavy atom. The van der Waals surface area contributed by atoms with Crippen molar-refractivity contribution in [2.24, 2.45) is 0 Å². The van der Waals surface area contributed by atoms with Gasteiger partial charge in [-0.05, 0) is 52.2 Å². The Kier molecular flexibility index (Phi) is 4.18. The van der Waals surface area contributed by atoms with Gasteiger partial charge in [-0.1, -0.05) is 28.1 Å². The molecule has 0 bridgehead atoms. The number of nitrogens with zero attached hydrogens (tertiary/aromatic N) is 1. The van der Waals surface area contributed by atoms with Crippen molar-refractivity contribution in [3.8, 4) is 0 Å². The van der Waals surface area contributed by atoms with Crippen LogP contribution in [0.15, 0.2) is 45.6 Å². The molecule has 17 heavy (non-hydrogen) atoms. The van der Waals surface area contributed by atoms with E-state index in [-0.39, 0.29) is 0 Å². The Hall–Kier alpha value is -0.870. The van der Waals surface area contributed by atoms with E-state index in [4.69, 9.17) is 0 Å². The summed E-state index contributed by atoms with van der Waals surface area (Å²) in [6, 6.07) is 10.3. The highest BCUT2D eigenvalue weighted by molar-refractivity contribution is 9.10. The van der Waals surface area contributed by atoms with Crippen LogP contribution in [-0.4, -0.2) is 4.98 Å². The van der Waals surface area contributed by atoms with Crippen molar-refractivity contribution in [2.75, 3.05) is 5.32 Å². The molecule has 4 heteroatoms. The van der Waals surface area contributed by atoms with E-state index in [0.717, 1.165) is 21.3 Å². The van der Waals surface area contributed by atoms with Crippen LogP contribution in [-0.2, 0) is 6.54 Å². The maximum atomic E-state index is 4.17. The number of hydrogen-bond acceptors (Lipinski definition) is 2. The molecule has 0 saturated carbocycles. The smallest absolute Gasteiger partial charge is 0.106 e. The van der Waals surface area contributed by atoms with Crippen molar-refractivity contribution in [1.29, 1.82) is 0 Å². The molecule has 0 saturated heterocycles. The van der Waals surface area contributed by atoms with Gasteiger partial charge in [0.15, 0.2) is 0 Å². The lowest BCUT2D eigenvalue weighted by atomic mass is 10.1. The monoisotopic (exact) mass is 354 g/mol. The summed E-state index contributed by atoms with van der Waals surface area (Å²) in [4.78, 5) is 4.17. The highest BCUT2D eigenvalue weighted by Gasteiger charge is 1.98. The maximum absolute atomic E-state index is 4.17. The summed E-state index contributed by atoms with van der Waals surface area (Å²) in [7, 11) is 0. The topological polar surface area (TPSA) is 24.9 Å². The SMILES string of the molecule is Cc1ccc(CNc2ccc(Br)nc2)cc1Br. The summed E-state index contributed by atoms with van der Waals surface area (Å²) in [5.41, 5.74) is 3.51. The van der Waals surface area contributed by atoms with Gasteiger partial charge < -0.3 is 5.32 Å². The van der Waals surface area contributed by atoms with E-state index >= 15 is 0 Å². The average molecular weight is 356 g/mol. The van der Waals surface area contributed by atoms with Crippen molar-refractivity contribution in [3.63, 3.8) is 0 Å². The normalized spacial score (nSPS) is 10.3. The summed E-state index contributed by atoms with van der Waals surface area (Å²) in [6.07, 6.45) is 1.81. The Morgan fingerprint density at radius 3 is 2.65 bits per heavy atom. The number of nitrogens with one attached hydrogen (secondary N) is 1. The molecule has 2 nitrogen and oxygen atoms in total. The molecule has 0 atom stereocenters. The molecule has 0 fully saturated rings. The van der Waals surface area contributed by atoms with Gasteiger partial charge in [-0.3, -0.25) is 0 Å². The van der Waals surface area contributed by atoms with Crippen LogP contribution in [0.4, 0.5) is 5.69 Å². The molecule has 0 amide bonds. The molecule has 0 aliphatic heterocycles. The first kappa shape index (κ1) is 12.6. The molecule has 0 unspecified atom stereocenters. The summed E-state index contributed by atoms with van der Waals surface area (Å²) in [6.45, 7) is 2.88. The molecule has 1 N–H and O–H groups in total. The Balaban J connectivity index is 2.02. The molecule has 0 aliphatic carbocycles. The van der Waals surface area contributed by atoms with Gasteiger partial charge in [-0.15, -0.1) is 0 Å². The van der Waals surface area contributed by atoms with Crippen LogP contribution in [0, 0.1) is 6.92 Å². The fourth-order valence-corrected chi connectivity index (χ4v) is 2.09. The Bertz CT molecular complexity index is 509. The molecular weight excluding hydrogens is 344 g/mol. The van der Waals surface area contributed by atoms with Gasteiger partial charge in [0.05, 0.1) is 11.9 Å². The highest BCUT2D eigenvalue weighted by Crippen LogP contribution is 2.18. The van der Waals surface area contributed by atoms with Crippen LogP contribution in [0.25, 0.3) is 0 Å². The molecule has 88 valence electrons. The number of halogens is 2. The first-order valence-corrected chi connectivity index (χ1v) is 6.84. The zero-order chi connectivity index (χ0) is 12.3. The first-order valence-electron chi connectivity index (χ1n) is 5.25. The quantitative estimate of drug-likeness (QED) is 0.818. The zero-order valence-corrected chi connectivity index (χ0v) is 12.5. The zero-order valence-electron chi connectivity index (χ0n) is 9.37. The minimum absolute atomic E-state index is 0.794. The third-order valence-electron chi connectivity index (χ3n) is 2.46. The van der Waals surface area contributed by atoms with Gasteiger partial charge in [0, 0.05) is 11.0 Å². The molecule has 0 aliphatic rings. The number of aromatic nitrogens is 1. The van der Waals surface area contributed by atoms with E-state index in [2.05, 4.69) is 67.3 Å². The molecule has 2 rings (SSSR count). The minimum atomic E-state index is 0.794. The largest absolute Gasteiger partial charge is 0.380 e. The van der Waals surface area contributed by atoms with E-state index in [9.17, 15) is 0 Å². The van der Waals surface area contributed by atoms with Crippen LogP contribution < -0.4 is 5.32 Å². The predicted octanol–water partition coefficient (Wildman–Crippen LogP) is 4.53. The van der Waals surface area contributed by atoms with Crippen molar-refractivity contribution in [3.05, 3.63) is 56.7 Å². The summed E-state index contributed by atoms with van der Waals surface area (Å²) in [5, 5.41) is 3.33. The molecule has 0 radical (unpaired) electrons. The van der Waals surface area contributed by atoms with E-state index < -0.39 is 0 Å². The second-order valence-corrected chi connectivity index (χ2v) is 5.47. The molecular formula is C13H12Br2N2. The van der Waals surface area contributed by atoms with E-state index in [0.29, 0.717) is 0 Å². The van der Waals surface area contributed by atoms with Crippen molar-refractivity contribution in [2.45, 2.75) is 13.5 Å². The molecule has 2 aromatic rings. The minimum Gasteiger partial charge on any atom is -0.380 e.